The molecule has 17 heavy (non-hydrogen) atoms. The van der Waals surface area contributed by atoms with Crippen LogP contribution in [0, 0.1) is 6.92 Å². The molecule has 0 saturated heterocycles. The van der Waals surface area contributed by atoms with E-state index in [2.05, 4.69) is 48.4 Å². The second-order valence-corrected chi connectivity index (χ2v) is 5.72. The molecule has 96 valence electrons. The third-order valence-electron chi connectivity index (χ3n) is 2.60. The SMILES string of the molecule is CSCCC(C)Nc1nc(C)cc(C(C)C)n1. The Balaban J connectivity index is 2.70. The topological polar surface area (TPSA) is 37.8 Å². The number of aromatic nitrogens is 2. The number of thioether (sulfide) groups is 1. The molecule has 1 aromatic rings. The van der Waals surface area contributed by atoms with Gasteiger partial charge in [0.05, 0.1) is 0 Å². The molecule has 0 aromatic carbocycles. The lowest BCUT2D eigenvalue weighted by Gasteiger charge is -2.15. The van der Waals surface area contributed by atoms with Crippen LogP contribution >= 0.6 is 11.8 Å². The molecular weight excluding hydrogens is 230 g/mol. The van der Waals surface area contributed by atoms with E-state index in [4.69, 9.17) is 0 Å². The van der Waals surface area contributed by atoms with Crippen LogP contribution in [0.5, 0.6) is 0 Å². The first-order valence-corrected chi connectivity index (χ1v) is 7.53. The number of hydrogen-bond donors (Lipinski definition) is 1. The number of aryl methyl sites for hydroxylation is 1. The van der Waals surface area contributed by atoms with E-state index in [9.17, 15) is 0 Å². The third-order valence-corrected chi connectivity index (χ3v) is 3.24. The molecule has 1 N–H and O–H groups in total. The van der Waals surface area contributed by atoms with E-state index in [-0.39, 0.29) is 0 Å². The molecule has 4 heteroatoms. The van der Waals surface area contributed by atoms with Gasteiger partial charge in [-0.2, -0.15) is 11.8 Å². The first-order valence-electron chi connectivity index (χ1n) is 6.14. The normalized spacial score (nSPS) is 12.8. The molecule has 3 nitrogen and oxygen atoms in total. The van der Waals surface area contributed by atoms with Crippen molar-refractivity contribution < 1.29 is 0 Å². The summed E-state index contributed by atoms with van der Waals surface area (Å²) in [5, 5.41) is 3.38. The monoisotopic (exact) mass is 253 g/mol. The Morgan fingerprint density at radius 3 is 2.59 bits per heavy atom. The van der Waals surface area contributed by atoms with Gasteiger partial charge in [0.1, 0.15) is 0 Å². The van der Waals surface area contributed by atoms with E-state index in [1.807, 2.05) is 18.7 Å². The Morgan fingerprint density at radius 1 is 1.29 bits per heavy atom. The second-order valence-electron chi connectivity index (χ2n) is 4.74. The summed E-state index contributed by atoms with van der Waals surface area (Å²) in [6.45, 7) is 8.51. The molecule has 0 bridgehead atoms. The zero-order valence-corrected chi connectivity index (χ0v) is 12.3. The zero-order valence-electron chi connectivity index (χ0n) is 11.4. The van der Waals surface area contributed by atoms with Crippen LogP contribution in [-0.4, -0.2) is 28.0 Å². The average molecular weight is 253 g/mol. The van der Waals surface area contributed by atoms with Gasteiger partial charge in [0.2, 0.25) is 5.95 Å². The molecule has 1 rings (SSSR count). The molecule has 0 amide bonds. The molecule has 1 aromatic heterocycles. The van der Waals surface area contributed by atoms with Crippen molar-refractivity contribution in [2.45, 2.75) is 46.1 Å². The Morgan fingerprint density at radius 2 is 2.00 bits per heavy atom. The van der Waals surface area contributed by atoms with Crippen molar-refractivity contribution in [3.05, 3.63) is 17.5 Å². The lowest BCUT2D eigenvalue weighted by atomic mass is 10.1. The maximum absolute atomic E-state index is 4.55. The van der Waals surface area contributed by atoms with Crippen LogP contribution < -0.4 is 5.32 Å². The Kier molecular flexibility index (Phi) is 5.75. The number of hydrogen-bond acceptors (Lipinski definition) is 4. The zero-order chi connectivity index (χ0) is 12.8. The van der Waals surface area contributed by atoms with E-state index in [0.29, 0.717) is 12.0 Å². The van der Waals surface area contributed by atoms with E-state index in [0.717, 1.165) is 29.5 Å². The van der Waals surface area contributed by atoms with Crippen LogP contribution in [0.4, 0.5) is 5.95 Å². The van der Waals surface area contributed by atoms with Gasteiger partial charge < -0.3 is 5.32 Å². The summed E-state index contributed by atoms with van der Waals surface area (Å²) in [5.41, 5.74) is 2.14. The number of rotatable bonds is 6. The third kappa shape index (κ3) is 4.94. The molecule has 1 heterocycles. The Labute approximate surface area is 109 Å². The average Bonchev–Trinajstić information content (AvgIpc) is 2.25. The summed E-state index contributed by atoms with van der Waals surface area (Å²) in [6, 6.07) is 2.48. The predicted molar refractivity (Wildman–Crippen MR) is 76.9 cm³/mol. The van der Waals surface area contributed by atoms with Crippen molar-refractivity contribution in [2.24, 2.45) is 0 Å². The van der Waals surface area contributed by atoms with Crippen LogP contribution in [0.15, 0.2) is 6.07 Å². The summed E-state index contributed by atoms with van der Waals surface area (Å²) in [4.78, 5) is 8.99. The van der Waals surface area contributed by atoms with Crippen molar-refractivity contribution in [1.82, 2.24) is 9.97 Å². The van der Waals surface area contributed by atoms with Gasteiger partial charge in [-0.1, -0.05) is 13.8 Å². The minimum absolute atomic E-state index is 0.421. The molecule has 0 aliphatic carbocycles. The second kappa shape index (κ2) is 6.84. The highest BCUT2D eigenvalue weighted by molar-refractivity contribution is 7.98. The quantitative estimate of drug-likeness (QED) is 0.842. The van der Waals surface area contributed by atoms with Crippen molar-refractivity contribution in [3.8, 4) is 0 Å². The smallest absolute Gasteiger partial charge is 0.223 e. The summed E-state index contributed by atoms with van der Waals surface area (Å²) >= 11 is 1.87. The van der Waals surface area contributed by atoms with Crippen LogP contribution in [0.25, 0.3) is 0 Å². The summed E-state index contributed by atoms with van der Waals surface area (Å²) in [7, 11) is 0. The minimum atomic E-state index is 0.421. The van der Waals surface area contributed by atoms with E-state index in [1.54, 1.807) is 0 Å². The summed E-state index contributed by atoms with van der Waals surface area (Å²) in [6.07, 6.45) is 3.27. The summed E-state index contributed by atoms with van der Waals surface area (Å²) in [5.74, 6) is 2.37. The molecular formula is C13H23N3S. The Hall–Kier alpha value is -0.770. The van der Waals surface area contributed by atoms with Gasteiger partial charge >= 0.3 is 0 Å². The minimum Gasteiger partial charge on any atom is -0.352 e. The highest BCUT2D eigenvalue weighted by atomic mass is 32.2. The lowest BCUT2D eigenvalue weighted by Crippen LogP contribution is -2.18. The van der Waals surface area contributed by atoms with Crippen molar-refractivity contribution in [3.63, 3.8) is 0 Å². The number of anilines is 1. The van der Waals surface area contributed by atoms with Crippen LogP contribution in [0.1, 0.15) is 44.5 Å². The van der Waals surface area contributed by atoms with Crippen molar-refractivity contribution >= 4 is 17.7 Å². The first kappa shape index (κ1) is 14.3. The number of nitrogens with zero attached hydrogens (tertiary/aromatic N) is 2. The molecule has 1 unspecified atom stereocenters. The fourth-order valence-corrected chi connectivity index (χ4v) is 2.13. The Bertz CT molecular complexity index is 353. The van der Waals surface area contributed by atoms with Crippen molar-refractivity contribution in [1.29, 1.82) is 0 Å². The molecule has 1 atom stereocenters. The van der Waals surface area contributed by atoms with Gasteiger partial charge in [-0.25, -0.2) is 9.97 Å². The first-order chi connectivity index (χ1) is 8.02. The van der Waals surface area contributed by atoms with E-state index < -0.39 is 0 Å². The fourth-order valence-electron chi connectivity index (χ4n) is 1.54. The van der Waals surface area contributed by atoms with Crippen molar-refractivity contribution in [2.75, 3.05) is 17.3 Å². The van der Waals surface area contributed by atoms with Gasteiger partial charge in [0, 0.05) is 17.4 Å². The molecule has 0 saturated carbocycles. The highest BCUT2D eigenvalue weighted by Crippen LogP contribution is 2.15. The molecule has 0 fully saturated rings. The van der Waals surface area contributed by atoms with Gasteiger partial charge in [0.25, 0.3) is 0 Å². The van der Waals surface area contributed by atoms with E-state index >= 15 is 0 Å². The molecule has 0 spiro atoms. The van der Waals surface area contributed by atoms with Crippen LogP contribution in [0.2, 0.25) is 0 Å². The van der Waals surface area contributed by atoms with Gasteiger partial charge in [-0.3, -0.25) is 0 Å². The van der Waals surface area contributed by atoms with Crippen LogP contribution in [0.3, 0.4) is 0 Å². The summed E-state index contributed by atoms with van der Waals surface area (Å²) < 4.78 is 0. The molecule has 0 radical (unpaired) electrons. The van der Waals surface area contributed by atoms with Gasteiger partial charge in [-0.05, 0) is 44.3 Å². The predicted octanol–water partition coefficient (Wildman–Crippen LogP) is 3.46. The largest absolute Gasteiger partial charge is 0.352 e. The molecule has 0 aliphatic rings. The van der Waals surface area contributed by atoms with Crippen LogP contribution in [-0.2, 0) is 0 Å². The van der Waals surface area contributed by atoms with Gasteiger partial charge in [-0.15, -0.1) is 0 Å². The maximum Gasteiger partial charge on any atom is 0.223 e. The van der Waals surface area contributed by atoms with E-state index in [1.165, 1.54) is 0 Å². The fraction of sp³-hybridized carbons (Fsp3) is 0.692. The lowest BCUT2D eigenvalue weighted by molar-refractivity contribution is 0.747. The highest BCUT2D eigenvalue weighted by Gasteiger charge is 2.08. The van der Waals surface area contributed by atoms with Gasteiger partial charge in [0.15, 0.2) is 0 Å². The maximum atomic E-state index is 4.55. The number of nitrogens with one attached hydrogen (secondary N) is 1. The standard InChI is InChI=1S/C13H23N3S/c1-9(2)12-8-11(4)15-13(16-12)14-10(3)6-7-17-5/h8-10H,6-7H2,1-5H3,(H,14,15,16). The molecule has 0 aliphatic heterocycles.